The molecule has 3 atom stereocenters. The van der Waals surface area contributed by atoms with Gasteiger partial charge in [-0.05, 0) is 25.8 Å². The van der Waals surface area contributed by atoms with Crippen molar-refractivity contribution in [3.63, 3.8) is 0 Å². The molecule has 4 heteroatoms. The Bertz CT molecular complexity index is 276. The highest BCUT2D eigenvalue weighted by Gasteiger charge is 2.58. The molecule has 0 aromatic heterocycles. The molecule has 2 aliphatic heterocycles. The van der Waals surface area contributed by atoms with Gasteiger partial charge < -0.3 is 5.32 Å². The van der Waals surface area contributed by atoms with Crippen molar-refractivity contribution < 1.29 is 9.59 Å². The number of hydrogen-bond acceptors (Lipinski definition) is 3. The summed E-state index contributed by atoms with van der Waals surface area (Å²) >= 11 is 0. The lowest BCUT2D eigenvalue weighted by Gasteiger charge is -2.20. The van der Waals surface area contributed by atoms with Crippen LogP contribution in [0.1, 0.15) is 19.3 Å². The van der Waals surface area contributed by atoms with E-state index in [1.807, 2.05) is 0 Å². The van der Waals surface area contributed by atoms with Crippen molar-refractivity contribution in [3.05, 3.63) is 0 Å². The Kier molecular flexibility index (Phi) is 1.68. The van der Waals surface area contributed by atoms with Crippen molar-refractivity contribution in [2.75, 3.05) is 13.1 Å². The standard InChI is InChI=1S/C10H14N2O2/c13-9-7-4-8(7)10(14)12(9)5-6-2-1-3-11-6/h6-8,11H,1-5H2/t6-,7?,8?/m1/s1. The molecule has 3 fully saturated rings. The fraction of sp³-hybridized carbons (Fsp3) is 0.800. The molecule has 4 nitrogen and oxygen atoms in total. The summed E-state index contributed by atoms with van der Waals surface area (Å²) in [5.74, 6) is 0.273. The summed E-state index contributed by atoms with van der Waals surface area (Å²) < 4.78 is 0. The van der Waals surface area contributed by atoms with Crippen LogP contribution in [0.2, 0.25) is 0 Å². The number of nitrogens with zero attached hydrogens (tertiary/aromatic N) is 1. The zero-order chi connectivity index (χ0) is 9.71. The van der Waals surface area contributed by atoms with Gasteiger partial charge in [-0.15, -0.1) is 0 Å². The number of imide groups is 1. The molecule has 3 aliphatic rings. The molecule has 3 rings (SSSR count). The van der Waals surface area contributed by atoms with E-state index in [0.29, 0.717) is 12.6 Å². The zero-order valence-corrected chi connectivity index (χ0v) is 8.03. The minimum Gasteiger partial charge on any atom is -0.312 e. The smallest absolute Gasteiger partial charge is 0.233 e. The molecule has 2 heterocycles. The van der Waals surface area contributed by atoms with Crippen molar-refractivity contribution in [2.45, 2.75) is 25.3 Å². The Hall–Kier alpha value is -0.900. The Morgan fingerprint density at radius 1 is 1.29 bits per heavy atom. The van der Waals surface area contributed by atoms with E-state index in [1.165, 1.54) is 4.90 Å². The van der Waals surface area contributed by atoms with Gasteiger partial charge in [0.05, 0.1) is 11.8 Å². The first-order valence-corrected chi connectivity index (χ1v) is 5.36. The number of hydrogen-bond donors (Lipinski definition) is 1. The van der Waals surface area contributed by atoms with E-state index in [1.54, 1.807) is 0 Å². The van der Waals surface area contributed by atoms with Crippen LogP contribution in [0.4, 0.5) is 0 Å². The molecule has 0 aromatic rings. The number of nitrogens with one attached hydrogen (secondary N) is 1. The first-order chi connectivity index (χ1) is 6.77. The number of fused-ring (bicyclic) bond motifs is 1. The van der Waals surface area contributed by atoms with Gasteiger partial charge in [-0.25, -0.2) is 0 Å². The normalized spacial score (nSPS) is 40.6. The van der Waals surface area contributed by atoms with Gasteiger partial charge in [-0.2, -0.15) is 0 Å². The van der Waals surface area contributed by atoms with Crippen LogP contribution < -0.4 is 5.32 Å². The average molecular weight is 194 g/mol. The predicted molar refractivity (Wildman–Crippen MR) is 49.3 cm³/mol. The fourth-order valence-electron chi connectivity index (χ4n) is 2.56. The number of amides is 2. The van der Waals surface area contributed by atoms with Gasteiger partial charge in [0.15, 0.2) is 0 Å². The van der Waals surface area contributed by atoms with Crippen LogP contribution in [-0.2, 0) is 9.59 Å². The van der Waals surface area contributed by atoms with Gasteiger partial charge in [0, 0.05) is 12.6 Å². The van der Waals surface area contributed by atoms with E-state index in [0.717, 1.165) is 25.8 Å². The van der Waals surface area contributed by atoms with Crippen molar-refractivity contribution in [3.8, 4) is 0 Å². The van der Waals surface area contributed by atoms with Crippen molar-refractivity contribution >= 4 is 11.8 Å². The van der Waals surface area contributed by atoms with Crippen molar-refractivity contribution in [1.82, 2.24) is 10.2 Å². The topological polar surface area (TPSA) is 49.4 Å². The highest BCUT2D eigenvalue weighted by molar-refractivity contribution is 6.08. The van der Waals surface area contributed by atoms with Gasteiger partial charge in [0.25, 0.3) is 0 Å². The third-order valence-corrected chi connectivity index (χ3v) is 3.52. The quantitative estimate of drug-likeness (QED) is 0.616. The van der Waals surface area contributed by atoms with Crippen LogP contribution in [0.15, 0.2) is 0 Å². The first-order valence-electron chi connectivity index (χ1n) is 5.36. The van der Waals surface area contributed by atoms with E-state index in [2.05, 4.69) is 5.32 Å². The van der Waals surface area contributed by atoms with E-state index in [9.17, 15) is 9.59 Å². The van der Waals surface area contributed by atoms with Crippen LogP contribution in [0.25, 0.3) is 0 Å². The summed E-state index contributed by atoms with van der Waals surface area (Å²) in [6.45, 7) is 1.62. The summed E-state index contributed by atoms with van der Waals surface area (Å²) in [5, 5.41) is 3.31. The fourth-order valence-corrected chi connectivity index (χ4v) is 2.56. The molecule has 0 aromatic carbocycles. The molecule has 76 valence electrons. The lowest BCUT2D eigenvalue weighted by atomic mass is 10.2. The number of piperidine rings is 1. The largest absolute Gasteiger partial charge is 0.312 e. The molecule has 1 N–H and O–H groups in total. The number of carbonyl (C=O) groups excluding carboxylic acids is 2. The van der Waals surface area contributed by atoms with Crippen LogP contribution in [0.5, 0.6) is 0 Å². The minimum atomic E-state index is 0.0592. The second-order valence-corrected chi connectivity index (χ2v) is 4.53. The first kappa shape index (κ1) is 8.41. The Morgan fingerprint density at radius 3 is 2.57 bits per heavy atom. The van der Waals surface area contributed by atoms with Gasteiger partial charge in [-0.1, -0.05) is 0 Å². The van der Waals surface area contributed by atoms with E-state index in [4.69, 9.17) is 0 Å². The lowest BCUT2D eigenvalue weighted by Crippen LogP contribution is -2.42. The van der Waals surface area contributed by atoms with E-state index in [-0.39, 0.29) is 23.7 Å². The second kappa shape index (κ2) is 2.79. The third kappa shape index (κ3) is 1.10. The van der Waals surface area contributed by atoms with Gasteiger partial charge in [0.2, 0.25) is 11.8 Å². The maximum absolute atomic E-state index is 11.6. The SMILES string of the molecule is O=C1C2CC2C(=O)N1C[C@H]1CCCN1. The van der Waals surface area contributed by atoms with Crippen LogP contribution in [-0.4, -0.2) is 35.8 Å². The summed E-state index contributed by atoms with van der Waals surface area (Å²) in [4.78, 5) is 24.7. The lowest BCUT2D eigenvalue weighted by molar-refractivity contribution is -0.141. The predicted octanol–water partition coefficient (Wildman–Crippen LogP) is -0.257. The summed E-state index contributed by atoms with van der Waals surface area (Å²) in [6.07, 6.45) is 3.06. The Morgan fingerprint density at radius 2 is 2.00 bits per heavy atom. The molecule has 0 radical (unpaired) electrons. The highest BCUT2D eigenvalue weighted by atomic mass is 16.2. The molecule has 2 saturated heterocycles. The van der Waals surface area contributed by atoms with E-state index < -0.39 is 0 Å². The molecular formula is C10H14N2O2. The van der Waals surface area contributed by atoms with Crippen LogP contribution in [0.3, 0.4) is 0 Å². The van der Waals surface area contributed by atoms with Crippen molar-refractivity contribution in [1.29, 1.82) is 0 Å². The Balaban J connectivity index is 1.67. The minimum absolute atomic E-state index is 0.0592. The zero-order valence-electron chi connectivity index (χ0n) is 8.03. The third-order valence-electron chi connectivity index (χ3n) is 3.52. The van der Waals surface area contributed by atoms with Gasteiger partial charge in [-0.3, -0.25) is 14.5 Å². The molecular weight excluding hydrogens is 180 g/mol. The number of rotatable bonds is 2. The number of likely N-dealkylation sites (tertiary alicyclic amines) is 1. The molecule has 2 unspecified atom stereocenters. The monoisotopic (exact) mass is 194 g/mol. The second-order valence-electron chi connectivity index (χ2n) is 4.53. The van der Waals surface area contributed by atoms with Crippen LogP contribution >= 0.6 is 0 Å². The molecule has 2 amide bonds. The maximum Gasteiger partial charge on any atom is 0.233 e. The van der Waals surface area contributed by atoms with Gasteiger partial charge in [0.1, 0.15) is 0 Å². The number of carbonyl (C=O) groups is 2. The average Bonchev–Trinajstić information content (AvgIpc) is 2.75. The van der Waals surface area contributed by atoms with Crippen LogP contribution in [0, 0.1) is 11.8 Å². The van der Waals surface area contributed by atoms with Gasteiger partial charge >= 0.3 is 0 Å². The molecule has 0 bridgehead atoms. The molecule has 1 saturated carbocycles. The van der Waals surface area contributed by atoms with Crippen molar-refractivity contribution in [2.24, 2.45) is 11.8 Å². The summed E-state index contributed by atoms with van der Waals surface area (Å²) in [5.41, 5.74) is 0. The Labute approximate surface area is 82.6 Å². The molecule has 1 aliphatic carbocycles. The summed E-state index contributed by atoms with van der Waals surface area (Å²) in [6, 6.07) is 0.348. The molecule has 0 spiro atoms. The van der Waals surface area contributed by atoms with E-state index >= 15 is 0 Å². The highest BCUT2D eigenvalue weighted by Crippen LogP contribution is 2.46. The molecule has 14 heavy (non-hydrogen) atoms. The summed E-state index contributed by atoms with van der Waals surface area (Å²) in [7, 11) is 0. The maximum atomic E-state index is 11.6.